The summed E-state index contributed by atoms with van der Waals surface area (Å²) in [5.41, 5.74) is 0. The van der Waals surface area contributed by atoms with Crippen LogP contribution in [0.5, 0.6) is 0 Å². The average Bonchev–Trinajstić information content (AvgIpc) is 3.13. The molecule has 1 saturated carbocycles. The molecule has 2 heterocycles. The SMILES string of the molecule is CC1CC1.CCC(=O)OCC1CCOC1.CCCC(=O)OCC1CCOC1. The monoisotopic (exact) mass is 386 g/mol. The molecule has 6 heteroatoms. The molecule has 0 amide bonds. The summed E-state index contributed by atoms with van der Waals surface area (Å²) < 4.78 is 20.3. The van der Waals surface area contributed by atoms with E-state index in [1.54, 1.807) is 6.92 Å². The molecule has 6 nitrogen and oxygen atoms in total. The zero-order chi connectivity index (χ0) is 19.9. The average molecular weight is 387 g/mol. The minimum absolute atomic E-state index is 0.0793. The molecule has 0 N–H and O–H groups in total. The predicted molar refractivity (Wildman–Crippen MR) is 103 cm³/mol. The third-order valence-electron chi connectivity index (χ3n) is 4.62. The molecule has 3 aliphatic rings. The molecule has 27 heavy (non-hydrogen) atoms. The van der Waals surface area contributed by atoms with Crippen LogP contribution in [-0.2, 0) is 28.5 Å². The smallest absolute Gasteiger partial charge is 0.305 e. The third kappa shape index (κ3) is 13.6. The molecule has 0 aromatic heterocycles. The Kier molecular flexibility index (Phi) is 13.2. The Bertz CT molecular complexity index is 395. The highest BCUT2D eigenvalue weighted by molar-refractivity contribution is 5.69. The van der Waals surface area contributed by atoms with E-state index in [1.807, 2.05) is 6.92 Å². The Morgan fingerprint density at radius 2 is 1.33 bits per heavy atom. The van der Waals surface area contributed by atoms with Gasteiger partial charge in [0.25, 0.3) is 0 Å². The lowest BCUT2D eigenvalue weighted by Crippen LogP contribution is -2.13. The van der Waals surface area contributed by atoms with Crippen LogP contribution in [0.4, 0.5) is 0 Å². The summed E-state index contributed by atoms with van der Waals surface area (Å²) in [7, 11) is 0. The molecule has 0 spiro atoms. The van der Waals surface area contributed by atoms with Crippen molar-refractivity contribution in [1.82, 2.24) is 0 Å². The van der Waals surface area contributed by atoms with Gasteiger partial charge >= 0.3 is 11.9 Å². The van der Waals surface area contributed by atoms with Crippen LogP contribution in [0.25, 0.3) is 0 Å². The molecule has 0 radical (unpaired) electrons. The lowest BCUT2D eigenvalue weighted by atomic mass is 10.1. The molecule has 0 aromatic rings. The number of hydrogen-bond donors (Lipinski definition) is 0. The van der Waals surface area contributed by atoms with E-state index in [1.165, 1.54) is 12.8 Å². The summed E-state index contributed by atoms with van der Waals surface area (Å²) in [6, 6.07) is 0. The van der Waals surface area contributed by atoms with Crippen molar-refractivity contribution < 1.29 is 28.5 Å². The molecule has 3 rings (SSSR count). The Labute approximate surface area is 164 Å². The molecule has 158 valence electrons. The molecule has 2 aliphatic heterocycles. The fourth-order valence-corrected chi connectivity index (χ4v) is 2.40. The summed E-state index contributed by atoms with van der Waals surface area (Å²) in [5, 5.41) is 0. The van der Waals surface area contributed by atoms with Crippen molar-refractivity contribution in [2.24, 2.45) is 17.8 Å². The molecule has 2 saturated heterocycles. The van der Waals surface area contributed by atoms with Crippen LogP contribution in [0.1, 0.15) is 65.7 Å². The van der Waals surface area contributed by atoms with E-state index in [4.69, 9.17) is 18.9 Å². The molecular weight excluding hydrogens is 348 g/mol. The zero-order valence-electron chi connectivity index (χ0n) is 17.4. The maximum Gasteiger partial charge on any atom is 0.305 e. The van der Waals surface area contributed by atoms with E-state index < -0.39 is 0 Å². The zero-order valence-corrected chi connectivity index (χ0v) is 17.4. The van der Waals surface area contributed by atoms with Gasteiger partial charge in [-0.05, 0) is 25.2 Å². The molecule has 1 aliphatic carbocycles. The lowest BCUT2D eigenvalue weighted by molar-refractivity contribution is -0.145. The van der Waals surface area contributed by atoms with Crippen molar-refractivity contribution >= 4 is 11.9 Å². The second-order valence-electron chi connectivity index (χ2n) is 7.61. The van der Waals surface area contributed by atoms with Crippen LogP contribution in [0, 0.1) is 17.8 Å². The lowest BCUT2D eigenvalue weighted by Gasteiger charge is -2.07. The van der Waals surface area contributed by atoms with Gasteiger partial charge in [-0.1, -0.05) is 33.6 Å². The standard InChI is InChI=1S/C9H16O3.C8H14O3.C4H8/c1-2-3-9(10)12-7-8-4-5-11-6-8;1-2-8(9)11-6-7-3-4-10-5-7;1-4-2-3-4/h8H,2-7H2,1H3;7H,2-6H2,1H3;4H,2-3H2,1H3. The van der Waals surface area contributed by atoms with Crippen LogP contribution in [0.3, 0.4) is 0 Å². The van der Waals surface area contributed by atoms with Crippen LogP contribution >= 0.6 is 0 Å². The van der Waals surface area contributed by atoms with Gasteiger partial charge < -0.3 is 18.9 Å². The Balaban J connectivity index is 0.000000224. The van der Waals surface area contributed by atoms with E-state index in [-0.39, 0.29) is 11.9 Å². The number of ether oxygens (including phenoxy) is 4. The summed E-state index contributed by atoms with van der Waals surface area (Å²) >= 11 is 0. The van der Waals surface area contributed by atoms with Crippen molar-refractivity contribution in [2.75, 3.05) is 39.6 Å². The van der Waals surface area contributed by atoms with Gasteiger partial charge in [0.1, 0.15) is 0 Å². The molecule has 3 fully saturated rings. The van der Waals surface area contributed by atoms with Crippen LogP contribution in [0.2, 0.25) is 0 Å². The van der Waals surface area contributed by atoms with Crippen molar-refractivity contribution in [1.29, 1.82) is 0 Å². The van der Waals surface area contributed by atoms with Gasteiger partial charge in [0.15, 0.2) is 0 Å². The van der Waals surface area contributed by atoms with Gasteiger partial charge in [0.2, 0.25) is 0 Å². The fourth-order valence-electron chi connectivity index (χ4n) is 2.40. The minimum atomic E-state index is -0.114. The topological polar surface area (TPSA) is 71.1 Å². The molecule has 0 aromatic carbocycles. The molecular formula is C21H38O6. The van der Waals surface area contributed by atoms with Crippen LogP contribution < -0.4 is 0 Å². The minimum Gasteiger partial charge on any atom is -0.465 e. The first-order valence-electron chi connectivity index (χ1n) is 10.5. The normalized spacial score (nSPS) is 23.5. The Morgan fingerprint density at radius 3 is 1.67 bits per heavy atom. The van der Waals surface area contributed by atoms with Gasteiger partial charge in [0, 0.05) is 37.9 Å². The summed E-state index contributed by atoms with van der Waals surface area (Å²) in [6.45, 7) is 10.2. The van der Waals surface area contributed by atoms with Gasteiger partial charge in [-0.15, -0.1) is 0 Å². The van der Waals surface area contributed by atoms with E-state index in [0.717, 1.165) is 51.6 Å². The van der Waals surface area contributed by atoms with E-state index in [2.05, 4.69) is 6.92 Å². The highest BCUT2D eigenvalue weighted by Crippen LogP contribution is 2.26. The van der Waals surface area contributed by atoms with E-state index in [0.29, 0.717) is 37.9 Å². The number of esters is 2. The fraction of sp³-hybridized carbons (Fsp3) is 0.905. The van der Waals surface area contributed by atoms with Gasteiger partial charge in [0.05, 0.1) is 26.4 Å². The first-order chi connectivity index (χ1) is 13.0. The van der Waals surface area contributed by atoms with Gasteiger partial charge in [-0.25, -0.2) is 0 Å². The maximum absolute atomic E-state index is 10.9. The van der Waals surface area contributed by atoms with Crippen LogP contribution in [0.15, 0.2) is 0 Å². The first-order valence-corrected chi connectivity index (χ1v) is 10.5. The quantitative estimate of drug-likeness (QED) is 0.621. The number of hydrogen-bond acceptors (Lipinski definition) is 6. The van der Waals surface area contributed by atoms with E-state index >= 15 is 0 Å². The highest BCUT2D eigenvalue weighted by Gasteiger charge is 2.17. The van der Waals surface area contributed by atoms with Crippen molar-refractivity contribution in [2.45, 2.75) is 65.7 Å². The molecule has 2 atom stereocenters. The number of rotatable bonds is 7. The Hall–Kier alpha value is -1.14. The maximum atomic E-state index is 10.9. The third-order valence-corrected chi connectivity index (χ3v) is 4.62. The van der Waals surface area contributed by atoms with Crippen LogP contribution in [-0.4, -0.2) is 51.6 Å². The molecule has 0 bridgehead atoms. The second-order valence-corrected chi connectivity index (χ2v) is 7.61. The first kappa shape index (κ1) is 23.9. The van der Waals surface area contributed by atoms with Crippen molar-refractivity contribution in [3.63, 3.8) is 0 Å². The van der Waals surface area contributed by atoms with Gasteiger partial charge in [-0.2, -0.15) is 0 Å². The summed E-state index contributed by atoms with van der Waals surface area (Å²) in [6.07, 6.45) is 6.89. The predicted octanol–water partition coefficient (Wildman–Crippen LogP) is 3.76. The van der Waals surface area contributed by atoms with Crippen molar-refractivity contribution in [3.05, 3.63) is 0 Å². The second kappa shape index (κ2) is 14.9. The summed E-state index contributed by atoms with van der Waals surface area (Å²) in [4.78, 5) is 21.6. The largest absolute Gasteiger partial charge is 0.465 e. The van der Waals surface area contributed by atoms with E-state index in [9.17, 15) is 9.59 Å². The summed E-state index contributed by atoms with van der Waals surface area (Å²) in [5.74, 6) is 1.76. The van der Waals surface area contributed by atoms with Crippen molar-refractivity contribution in [3.8, 4) is 0 Å². The number of carbonyl (C=O) groups excluding carboxylic acids is 2. The number of carbonyl (C=O) groups is 2. The van der Waals surface area contributed by atoms with Gasteiger partial charge in [-0.3, -0.25) is 9.59 Å². The molecule has 2 unspecified atom stereocenters. The Morgan fingerprint density at radius 1 is 0.852 bits per heavy atom. The highest BCUT2D eigenvalue weighted by atomic mass is 16.5.